The van der Waals surface area contributed by atoms with Gasteiger partial charge in [-0.3, -0.25) is 19.3 Å². The lowest BCUT2D eigenvalue weighted by molar-refractivity contribution is -0.140. The number of carbonyl (C=O) groups is 3. The summed E-state index contributed by atoms with van der Waals surface area (Å²) >= 11 is 0. The molecule has 1 aromatic carbocycles. The number of hydrogen-bond acceptors (Lipinski definition) is 5. The zero-order chi connectivity index (χ0) is 19.7. The van der Waals surface area contributed by atoms with Crippen LogP contribution >= 0.6 is 0 Å². The number of anilines is 1. The lowest BCUT2D eigenvalue weighted by Crippen LogP contribution is -2.49. The first-order valence-electron chi connectivity index (χ1n) is 10.2. The van der Waals surface area contributed by atoms with Gasteiger partial charge in [-0.15, -0.1) is 0 Å². The van der Waals surface area contributed by atoms with Gasteiger partial charge in [-0.05, 0) is 37.1 Å². The van der Waals surface area contributed by atoms with E-state index in [0.717, 1.165) is 44.5 Å². The molecule has 2 aliphatic heterocycles. The third-order valence-corrected chi connectivity index (χ3v) is 6.33. The van der Waals surface area contributed by atoms with Gasteiger partial charge in [-0.1, -0.05) is 12.8 Å². The predicted octanol–water partition coefficient (Wildman–Crippen LogP) is 1.61. The van der Waals surface area contributed by atoms with E-state index in [4.69, 9.17) is 0 Å². The molecule has 1 N–H and O–H groups in total. The first kappa shape index (κ1) is 18.8. The average molecular weight is 385 g/mol. The number of phenols is 1. The predicted molar refractivity (Wildman–Crippen MR) is 104 cm³/mol. The summed E-state index contributed by atoms with van der Waals surface area (Å²) in [5.74, 6) is -0.195. The van der Waals surface area contributed by atoms with Crippen molar-refractivity contribution in [3.63, 3.8) is 0 Å². The van der Waals surface area contributed by atoms with E-state index < -0.39 is 0 Å². The normalized spacial score (nSPS) is 25.2. The number of aromatic hydroxyl groups is 1. The Labute approximate surface area is 164 Å². The van der Waals surface area contributed by atoms with Crippen LogP contribution in [-0.4, -0.2) is 65.4 Å². The van der Waals surface area contributed by atoms with E-state index in [-0.39, 0.29) is 48.3 Å². The van der Waals surface area contributed by atoms with Gasteiger partial charge in [-0.25, -0.2) is 0 Å². The molecule has 0 aromatic heterocycles. The maximum atomic E-state index is 12.6. The van der Waals surface area contributed by atoms with Crippen molar-refractivity contribution in [1.29, 1.82) is 0 Å². The Balaban J connectivity index is 1.27. The Hall–Kier alpha value is -2.57. The Morgan fingerprint density at radius 1 is 0.929 bits per heavy atom. The summed E-state index contributed by atoms with van der Waals surface area (Å²) in [6, 6.07) is 7.07. The van der Waals surface area contributed by atoms with Crippen LogP contribution in [0.4, 0.5) is 5.69 Å². The van der Waals surface area contributed by atoms with E-state index in [0.29, 0.717) is 13.1 Å². The SMILES string of the molecule is O=C(CCN1C(=O)[C@H]2CCCC[C@H]2C1=O)N1CCN(c2ccc(O)cc2)CC1. The zero-order valence-electron chi connectivity index (χ0n) is 16.0. The molecule has 150 valence electrons. The average Bonchev–Trinajstić information content (AvgIpc) is 2.97. The van der Waals surface area contributed by atoms with Crippen LogP contribution in [0.1, 0.15) is 32.1 Å². The van der Waals surface area contributed by atoms with Crippen molar-refractivity contribution in [3.8, 4) is 5.75 Å². The summed E-state index contributed by atoms with van der Waals surface area (Å²) in [5, 5.41) is 9.40. The van der Waals surface area contributed by atoms with Gasteiger partial charge >= 0.3 is 0 Å². The maximum Gasteiger partial charge on any atom is 0.233 e. The lowest BCUT2D eigenvalue weighted by atomic mass is 9.81. The van der Waals surface area contributed by atoms with Crippen molar-refractivity contribution in [2.75, 3.05) is 37.6 Å². The Morgan fingerprint density at radius 3 is 2.07 bits per heavy atom. The number of likely N-dealkylation sites (tertiary alicyclic amines) is 1. The van der Waals surface area contributed by atoms with Crippen LogP contribution in [0.3, 0.4) is 0 Å². The summed E-state index contributed by atoms with van der Waals surface area (Å²) < 4.78 is 0. The minimum atomic E-state index is -0.148. The molecule has 3 aliphatic rings. The molecular weight excluding hydrogens is 358 g/mol. The topological polar surface area (TPSA) is 81.2 Å². The molecule has 0 unspecified atom stereocenters. The number of piperazine rings is 1. The highest BCUT2D eigenvalue weighted by molar-refractivity contribution is 6.05. The summed E-state index contributed by atoms with van der Waals surface area (Å²) in [5.41, 5.74) is 1.03. The molecule has 2 saturated heterocycles. The van der Waals surface area contributed by atoms with Crippen LogP contribution in [0.2, 0.25) is 0 Å². The molecule has 2 heterocycles. The number of hydrogen-bond donors (Lipinski definition) is 1. The van der Waals surface area contributed by atoms with Crippen molar-refractivity contribution in [2.24, 2.45) is 11.8 Å². The number of rotatable bonds is 4. The van der Waals surface area contributed by atoms with Crippen LogP contribution in [0.5, 0.6) is 5.75 Å². The molecule has 3 amide bonds. The van der Waals surface area contributed by atoms with Gasteiger partial charge in [0.05, 0.1) is 11.8 Å². The summed E-state index contributed by atoms with van der Waals surface area (Å²) in [6.45, 7) is 2.89. The smallest absolute Gasteiger partial charge is 0.233 e. The maximum absolute atomic E-state index is 12.6. The van der Waals surface area contributed by atoms with E-state index in [9.17, 15) is 19.5 Å². The number of benzene rings is 1. The van der Waals surface area contributed by atoms with Gasteiger partial charge in [0.15, 0.2) is 0 Å². The van der Waals surface area contributed by atoms with Crippen molar-refractivity contribution >= 4 is 23.4 Å². The highest BCUT2D eigenvalue weighted by Gasteiger charge is 2.47. The van der Waals surface area contributed by atoms with Crippen LogP contribution in [0.15, 0.2) is 24.3 Å². The number of phenolic OH excluding ortho intramolecular Hbond substituents is 1. The molecule has 1 saturated carbocycles. The van der Waals surface area contributed by atoms with Crippen LogP contribution in [0, 0.1) is 11.8 Å². The molecule has 4 rings (SSSR count). The fraction of sp³-hybridized carbons (Fsp3) is 0.571. The van der Waals surface area contributed by atoms with E-state index in [1.54, 1.807) is 12.1 Å². The highest BCUT2D eigenvalue weighted by atomic mass is 16.3. The third-order valence-electron chi connectivity index (χ3n) is 6.33. The van der Waals surface area contributed by atoms with Crippen LogP contribution in [-0.2, 0) is 14.4 Å². The summed E-state index contributed by atoms with van der Waals surface area (Å²) in [7, 11) is 0. The zero-order valence-corrected chi connectivity index (χ0v) is 16.0. The van der Waals surface area contributed by atoms with Gasteiger partial charge in [0.1, 0.15) is 5.75 Å². The van der Waals surface area contributed by atoms with E-state index >= 15 is 0 Å². The first-order chi connectivity index (χ1) is 13.5. The molecule has 1 aromatic rings. The Bertz CT molecular complexity index is 731. The number of imide groups is 1. The van der Waals surface area contributed by atoms with E-state index in [1.165, 1.54) is 4.90 Å². The van der Waals surface area contributed by atoms with Gasteiger partial charge in [0.25, 0.3) is 0 Å². The fourth-order valence-corrected chi connectivity index (χ4v) is 4.69. The first-order valence-corrected chi connectivity index (χ1v) is 10.2. The lowest BCUT2D eigenvalue weighted by Gasteiger charge is -2.36. The van der Waals surface area contributed by atoms with Crippen LogP contribution < -0.4 is 4.90 Å². The Kier molecular flexibility index (Phi) is 5.24. The molecular formula is C21H27N3O4. The second kappa shape index (κ2) is 7.81. The summed E-state index contributed by atoms with van der Waals surface area (Å²) in [6.07, 6.45) is 3.84. The largest absolute Gasteiger partial charge is 0.508 e. The quantitative estimate of drug-likeness (QED) is 0.797. The minimum absolute atomic E-state index is 0.000767. The van der Waals surface area contributed by atoms with Crippen molar-refractivity contribution in [2.45, 2.75) is 32.1 Å². The number of amides is 3. The fourth-order valence-electron chi connectivity index (χ4n) is 4.69. The van der Waals surface area contributed by atoms with Crippen molar-refractivity contribution in [1.82, 2.24) is 9.80 Å². The van der Waals surface area contributed by atoms with E-state index in [1.807, 2.05) is 17.0 Å². The van der Waals surface area contributed by atoms with Crippen LogP contribution in [0.25, 0.3) is 0 Å². The molecule has 1 aliphatic carbocycles. The molecule has 3 fully saturated rings. The van der Waals surface area contributed by atoms with E-state index in [2.05, 4.69) is 4.90 Å². The molecule has 0 bridgehead atoms. The molecule has 28 heavy (non-hydrogen) atoms. The van der Waals surface area contributed by atoms with Gasteiger partial charge in [0.2, 0.25) is 17.7 Å². The number of nitrogens with zero attached hydrogens (tertiary/aromatic N) is 3. The molecule has 7 heteroatoms. The number of fused-ring (bicyclic) bond motifs is 1. The molecule has 0 spiro atoms. The standard InChI is InChI=1S/C21H27N3O4/c25-16-7-5-15(6-8-16)22-11-13-23(14-12-22)19(26)9-10-24-20(27)17-3-1-2-4-18(17)21(24)28/h5-8,17-18,25H,1-4,9-14H2/t17-,18+. The minimum Gasteiger partial charge on any atom is -0.508 e. The Morgan fingerprint density at radius 2 is 1.50 bits per heavy atom. The third kappa shape index (κ3) is 3.57. The molecule has 7 nitrogen and oxygen atoms in total. The van der Waals surface area contributed by atoms with Gasteiger partial charge < -0.3 is 14.9 Å². The number of carbonyl (C=O) groups excluding carboxylic acids is 3. The van der Waals surface area contributed by atoms with Crippen molar-refractivity contribution < 1.29 is 19.5 Å². The van der Waals surface area contributed by atoms with Gasteiger partial charge in [0, 0.05) is 44.8 Å². The summed E-state index contributed by atoms with van der Waals surface area (Å²) in [4.78, 5) is 43.0. The van der Waals surface area contributed by atoms with Gasteiger partial charge in [-0.2, -0.15) is 0 Å². The monoisotopic (exact) mass is 385 g/mol. The molecule has 2 atom stereocenters. The highest BCUT2D eigenvalue weighted by Crippen LogP contribution is 2.38. The molecule has 0 radical (unpaired) electrons. The second-order valence-electron chi connectivity index (χ2n) is 7.96. The second-order valence-corrected chi connectivity index (χ2v) is 7.96. The van der Waals surface area contributed by atoms with Crippen molar-refractivity contribution in [3.05, 3.63) is 24.3 Å².